The number of thioether (sulfide) groups is 1. The quantitative estimate of drug-likeness (QED) is 0.546. The molecular weight excluding hydrogens is 432 g/mol. The lowest BCUT2D eigenvalue weighted by molar-refractivity contribution is -0.122. The van der Waals surface area contributed by atoms with Gasteiger partial charge >= 0.3 is 0 Å². The van der Waals surface area contributed by atoms with Gasteiger partial charge in [-0.25, -0.2) is 0 Å². The predicted octanol–water partition coefficient (Wildman–Crippen LogP) is 4.76. The Kier molecular flexibility index (Phi) is 5.57. The normalized spacial score (nSPS) is 17.2. The van der Waals surface area contributed by atoms with Crippen LogP contribution in [0.4, 0.5) is 11.4 Å². The van der Waals surface area contributed by atoms with Gasteiger partial charge in [0.2, 0.25) is 18.6 Å². The van der Waals surface area contributed by atoms with Crippen LogP contribution in [0, 0.1) is 5.92 Å². The summed E-state index contributed by atoms with van der Waals surface area (Å²) < 4.78 is 10.7. The molecule has 0 spiro atoms. The van der Waals surface area contributed by atoms with Crippen LogP contribution in [0.3, 0.4) is 0 Å². The SMILES string of the molecule is O=C(Nc1ccccc1SCc1ccsc1)C1CC(=O)N(c2ccc3c(c2)OCO3)C1. The molecule has 1 fully saturated rings. The van der Waals surface area contributed by atoms with E-state index in [0.29, 0.717) is 18.0 Å². The number of benzene rings is 2. The van der Waals surface area contributed by atoms with Crippen LogP contribution in [0.25, 0.3) is 0 Å². The fraction of sp³-hybridized carbons (Fsp3) is 0.217. The number of carbonyl (C=O) groups is 2. The van der Waals surface area contributed by atoms with E-state index >= 15 is 0 Å². The summed E-state index contributed by atoms with van der Waals surface area (Å²) in [6.45, 7) is 0.524. The van der Waals surface area contributed by atoms with Crippen molar-refractivity contribution in [3.63, 3.8) is 0 Å². The van der Waals surface area contributed by atoms with Crippen LogP contribution >= 0.6 is 23.1 Å². The van der Waals surface area contributed by atoms with Crippen molar-refractivity contribution >= 4 is 46.3 Å². The van der Waals surface area contributed by atoms with Crippen LogP contribution in [-0.4, -0.2) is 25.2 Å². The van der Waals surface area contributed by atoms with E-state index in [1.165, 1.54) is 5.56 Å². The molecule has 1 aromatic heterocycles. The van der Waals surface area contributed by atoms with E-state index in [1.54, 1.807) is 40.1 Å². The Morgan fingerprint density at radius 3 is 2.90 bits per heavy atom. The molecule has 6 nitrogen and oxygen atoms in total. The summed E-state index contributed by atoms with van der Waals surface area (Å²) in [4.78, 5) is 28.2. The molecular formula is C23H20N2O4S2. The summed E-state index contributed by atoms with van der Waals surface area (Å²) in [6.07, 6.45) is 0.185. The third-order valence-corrected chi connectivity index (χ3v) is 7.16. The molecule has 2 aromatic carbocycles. The summed E-state index contributed by atoms with van der Waals surface area (Å²) in [5, 5.41) is 7.23. The second kappa shape index (κ2) is 8.64. The molecule has 0 bridgehead atoms. The van der Waals surface area contributed by atoms with E-state index in [9.17, 15) is 9.59 Å². The van der Waals surface area contributed by atoms with E-state index in [0.717, 1.165) is 22.0 Å². The topological polar surface area (TPSA) is 67.9 Å². The maximum Gasteiger partial charge on any atom is 0.231 e. The highest BCUT2D eigenvalue weighted by Gasteiger charge is 2.36. The average molecular weight is 453 g/mol. The lowest BCUT2D eigenvalue weighted by Gasteiger charge is -2.17. The minimum atomic E-state index is -0.409. The minimum Gasteiger partial charge on any atom is -0.454 e. The van der Waals surface area contributed by atoms with Crippen LogP contribution in [0.2, 0.25) is 0 Å². The highest BCUT2D eigenvalue weighted by molar-refractivity contribution is 7.98. The molecule has 2 aliphatic rings. The minimum absolute atomic E-state index is 0.0702. The van der Waals surface area contributed by atoms with Gasteiger partial charge in [-0.15, -0.1) is 11.8 Å². The number of nitrogens with zero attached hydrogens (tertiary/aromatic N) is 1. The number of fused-ring (bicyclic) bond motifs is 1. The molecule has 3 aromatic rings. The molecule has 2 aliphatic heterocycles. The first-order valence-corrected chi connectivity index (χ1v) is 11.8. The number of hydrogen-bond donors (Lipinski definition) is 1. The fourth-order valence-corrected chi connectivity index (χ4v) is 5.38. The van der Waals surface area contributed by atoms with E-state index < -0.39 is 5.92 Å². The molecule has 1 atom stereocenters. The van der Waals surface area contributed by atoms with Crippen molar-refractivity contribution in [2.45, 2.75) is 17.1 Å². The van der Waals surface area contributed by atoms with E-state index in [-0.39, 0.29) is 25.0 Å². The van der Waals surface area contributed by atoms with Gasteiger partial charge in [0.25, 0.3) is 0 Å². The Labute approximate surface area is 188 Å². The van der Waals surface area contributed by atoms with Gasteiger partial charge in [-0.05, 0) is 46.7 Å². The predicted molar refractivity (Wildman–Crippen MR) is 122 cm³/mol. The first-order chi connectivity index (χ1) is 15.2. The van der Waals surface area contributed by atoms with E-state index in [1.807, 2.05) is 30.3 Å². The van der Waals surface area contributed by atoms with Crippen LogP contribution in [-0.2, 0) is 15.3 Å². The zero-order valence-electron chi connectivity index (χ0n) is 16.6. The molecule has 1 unspecified atom stereocenters. The van der Waals surface area contributed by atoms with Crippen molar-refractivity contribution in [1.29, 1.82) is 0 Å². The van der Waals surface area contributed by atoms with Gasteiger partial charge in [0.1, 0.15) is 0 Å². The fourth-order valence-electron chi connectivity index (χ4n) is 3.65. The van der Waals surface area contributed by atoms with Crippen molar-refractivity contribution in [2.75, 3.05) is 23.6 Å². The van der Waals surface area contributed by atoms with Gasteiger partial charge < -0.3 is 19.7 Å². The van der Waals surface area contributed by atoms with Crippen molar-refractivity contribution in [3.8, 4) is 11.5 Å². The van der Waals surface area contributed by atoms with Gasteiger partial charge in [0.05, 0.1) is 11.6 Å². The highest BCUT2D eigenvalue weighted by Crippen LogP contribution is 2.37. The van der Waals surface area contributed by atoms with Gasteiger partial charge in [0, 0.05) is 35.4 Å². The summed E-state index contributed by atoms with van der Waals surface area (Å²) in [5.74, 6) is 1.51. The summed E-state index contributed by atoms with van der Waals surface area (Å²) in [6, 6.07) is 15.3. The third-order valence-electron chi connectivity index (χ3n) is 5.28. The van der Waals surface area contributed by atoms with Crippen LogP contribution < -0.4 is 19.7 Å². The van der Waals surface area contributed by atoms with E-state index in [4.69, 9.17) is 9.47 Å². The number of carbonyl (C=O) groups excluding carboxylic acids is 2. The van der Waals surface area contributed by atoms with Gasteiger partial charge in [-0.3, -0.25) is 9.59 Å². The lowest BCUT2D eigenvalue weighted by Crippen LogP contribution is -2.28. The second-order valence-electron chi connectivity index (χ2n) is 7.35. The summed E-state index contributed by atoms with van der Waals surface area (Å²) in [7, 11) is 0. The van der Waals surface area contributed by atoms with Crippen LogP contribution in [0.1, 0.15) is 12.0 Å². The molecule has 0 aliphatic carbocycles. The number of ether oxygens (including phenoxy) is 2. The number of hydrogen-bond acceptors (Lipinski definition) is 6. The van der Waals surface area contributed by atoms with Crippen molar-refractivity contribution in [2.24, 2.45) is 5.92 Å². The molecule has 5 rings (SSSR count). The molecule has 158 valence electrons. The first kappa shape index (κ1) is 20.0. The Hall–Kier alpha value is -2.97. The Balaban J connectivity index is 1.26. The number of anilines is 2. The molecule has 3 heterocycles. The lowest BCUT2D eigenvalue weighted by atomic mass is 10.1. The number of rotatable bonds is 6. The monoisotopic (exact) mass is 452 g/mol. The third kappa shape index (κ3) is 4.26. The Morgan fingerprint density at radius 2 is 2.03 bits per heavy atom. The zero-order chi connectivity index (χ0) is 21.2. The van der Waals surface area contributed by atoms with E-state index in [2.05, 4.69) is 22.1 Å². The Bertz CT molecular complexity index is 1120. The van der Waals surface area contributed by atoms with Crippen molar-refractivity contribution < 1.29 is 19.1 Å². The molecule has 31 heavy (non-hydrogen) atoms. The molecule has 0 saturated carbocycles. The van der Waals surface area contributed by atoms with Gasteiger partial charge in [0.15, 0.2) is 11.5 Å². The molecule has 8 heteroatoms. The Morgan fingerprint density at radius 1 is 1.16 bits per heavy atom. The van der Waals surface area contributed by atoms with Crippen LogP contribution in [0.15, 0.2) is 64.2 Å². The maximum absolute atomic E-state index is 13.0. The number of nitrogens with one attached hydrogen (secondary N) is 1. The number of thiophene rings is 1. The smallest absolute Gasteiger partial charge is 0.231 e. The van der Waals surface area contributed by atoms with Crippen molar-refractivity contribution in [3.05, 3.63) is 64.9 Å². The number of amides is 2. The standard InChI is InChI=1S/C23H20N2O4S2/c26-22-9-16(11-25(22)17-5-6-19-20(10-17)29-14-28-19)23(27)24-18-3-1-2-4-21(18)31-13-15-7-8-30-12-15/h1-8,10,12,16H,9,11,13-14H2,(H,24,27). The maximum atomic E-state index is 13.0. The zero-order valence-corrected chi connectivity index (χ0v) is 18.2. The summed E-state index contributed by atoms with van der Waals surface area (Å²) >= 11 is 3.36. The first-order valence-electron chi connectivity index (χ1n) is 9.91. The molecule has 1 saturated heterocycles. The van der Waals surface area contributed by atoms with Crippen molar-refractivity contribution in [1.82, 2.24) is 0 Å². The summed E-state index contributed by atoms with van der Waals surface area (Å²) in [5.41, 5.74) is 2.76. The highest BCUT2D eigenvalue weighted by atomic mass is 32.2. The molecule has 2 amide bonds. The molecule has 0 radical (unpaired) electrons. The van der Waals surface area contributed by atoms with Gasteiger partial charge in [-0.1, -0.05) is 12.1 Å². The average Bonchev–Trinajstić information content (AvgIpc) is 3.53. The largest absolute Gasteiger partial charge is 0.454 e. The second-order valence-corrected chi connectivity index (χ2v) is 9.15. The molecule has 1 N–H and O–H groups in total. The van der Waals surface area contributed by atoms with Gasteiger partial charge in [-0.2, -0.15) is 11.3 Å². The van der Waals surface area contributed by atoms with Crippen LogP contribution in [0.5, 0.6) is 11.5 Å². The number of para-hydroxylation sites is 1.